The van der Waals surface area contributed by atoms with E-state index in [2.05, 4.69) is 10.5 Å². The van der Waals surface area contributed by atoms with Crippen molar-refractivity contribution in [1.82, 2.24) is 14.9 Å². The minimum atomic E-state index is -0.378. The highest BCUT2D eigenvalue weighted by molar-refractivity contribution is 6.00. The van der Waals surface area contributed by atoms with Crippen LogP contribution in [0.4, 0.5) is 4.79 Å². The van der Waals surface area contributed by atoms with Gasteiger partial charge in [0.1, 0.15) is 12.7 Å². The number of carbonyl (C=O) groups excluding carboxylic acids is 1. The molecule has 0 atom stereocenters. The van der Waals surface area contributed by atoms with Crippen LogP contribution in [-0.4, -0.2) is 61.4 Å². The normalized spacial score (nSPS) is 18.9. The molecule has 1 N–H and O–H groups in total. The third-order valence-electron chi connectivity index (χ3n) is 3.59. The van der Waals surface area contributed by atoms with Crippen LogP contribution in [0.5, 0.6) is 0 Å². The summed E-state index contributed by atoms with van der Waals surface area (Å²) >= 11 is 0. The Morgan fingerprint density at radius 2 is 2.35 bits per heavy atom. The van der Waals surface area contributed by atoms with Crippen LogP contribution in [0.2, 0.25) is 0 Å². The first-order valence-corrected chi connectivity index (χ1v) is 7.81. The molecule has 1 aromatic rings. The topological polar surface area (TPSA) is 68.1 Å². The summed E-state index contributed by atoms with van der Waals surface area (Å²) < 4.78 is 12.5. The molecule has 0 unspecified atom stereocenters. The SMILES string of the molecule is CN(C)CCOC(=O)n1cccc1/C=C1\CNN=C1OC1CC1. The fourth-order valence-electron chi connectivity index (χ4n) is 2.14. The Morgan fingerprint density at radius 1 is 1.52 bits per heavy atom. The lowest BCUT2D eigenvalue weighted by atomic mass is 10.2. The Hall–Kier alpha value is -2.28. The summed E-state index contributed by atoms with van der Waals surface area (Å²) in [6.45, 7) is 1.65. The molecule has 1 saturated carbocycles. The quantitative estimate of drug-likeness (QED) is 0.891. The molecule has 7 heteroatoms. The fraction of sp³-hybridized carbons (Fsp3) is 0.500. The van der Waals surface area contributed by atoms with E-state index < -0.39 is 0 Å². The number of carbonyl (C=O) groups is 1. The van der Waals surface area contributed by atoms with Crippen molar-refractivity contribution in [3.8, 4) is 0 Å². The standard InChI is InChI=1S/C16H22N4O3/c1-19(2)8-9-22-16(21)20-7-3-4-13(20)10-12-11-17-18-15(12)23-14-5-6-14/h3-4,7,10,14,17H,5-6,8-9,11H2,1-2H3/b12-10+. The van der Waals surface area contributed by atoms with Gasteiger partial charge < -0.3 is 19.8 Å². The van der Waals surface area contributed by atoms with Gasteiger partial charge in [-0.25, -0.2) is 4.79 Å². The first-order valence-electron chi connectivity index (χ1n) is 7.81. The third kappa shape index (κ3) is 4.13. The molecule has 7 nitrogen and oxygen atoms in total. The van der Waals surface area contributed by atoms with Crippen molar-refractivity contribution < 1.29 is 14.3 Å². The van der Waals surface area contributed by atoms with E-state index in [0.717, 1.165) is 24.1 Å². The zero-order valence-electron chi connectivity index (χ0n) is 13.5. The molecule has 1 aliphatic carbocycles. The average Bonchev–Trinajstić information content (AvgIpc) is 3.02. The maximum atomic E-state index is 12.2. The smallest absolute Gasteiger partial charge is 0.418 e. The van der Waals surface area contributed by atoms with Gasteiger partial charge in [-0.15, -0.1) is 5.10 Å². The number of ether oxygens (including phenoxy) is 2. The molecule has 1 aromatic heterocycles. The van der Waals surface area contributed by atoms with Crippen molar-refractivity contribution in [2.75, 3.05) is 33.8 Å². The zero-order chi connectivity index (χ0) is 16.2. The van der Waals surface area contributed by atoms with Crippen molar-refractivity contribution >= 4 is 18.1 Å². The van der Waals surface area contributed by atoms with E-state index in [-0.39, 0.29) is 6.09 Å². The maximum Gasteiger partial charge on any atom is 0.418 e. The molecule has 3 rings (SSSR count). The van der Waals surface area contributed by atoms with Gasteiger partial charge in [0.25, 0.3) is 0 Å². The van der Waals surface area contributed by atoms with E-state index in [4.69, 9.17) is 9.47 Å². The summed E-state index contributed by atoms with van der Waals surface area (Å²) in [5, 5.41) is 4.17. The summed E-state index contributed by atoms with van der Waals surface area (Å²) in [5.74, 6) is 0.626. The second-order valence-corrected chi connectivity index (χ2v) is 5.96. The van der Waals surface area contributed by atoms with Gasteiger partial charge in [0, 0.05) is 18.3 Å². The van der Waals surface area contributed by atoms with Gasteiger partial charge in [-0.05, 0) is 45.1 Å². The Kier molecular flexibility index (Phi) is 4.66. The van der Waals surface area contributed by atoms with Crippen LogP contribution in [-0.2, 0) is 9.47 Å². The summed E-state index contributed by atoms with van der Waals surface area (Å²) in [6, 6.07) is 3.69. The number of rotatable bonds is 5. The molecule has 0 bridgehead atoms. The predicted octanol–water partition coefficient (Wildman–Crippen LogP) is 1.51. The number of hydrogen-bond acceptors (Lipinski definition) is 6. The number of nitrogens with zero attached hydrogens (tertiary/aromatic N) is 3. The van der Waals surface area contributed by atoms with E-state index in [0.29, 0.717) is 31.7 Å². The molecule has 1 fully saturated rings. The first-order chi connectivity index (χ1) is 11.1. The predicted molar refractivity (Wildman–Crippen MR) is 87.3 cm³/mol. The van der Waals surface area contributed by atoms with Crippen LogP contribution >= 0.6 is 0 Å². The highest BCUT2D eigenvalue weighted by atomic mass is 16.5. The molecular formula is C16H22N4O3. The van der Waals surface area contributed by atoms with Crippen LogP contribution in [0.25, 0.3) is 6.08 Å². The lowest BCUT2D eigenvalue weighted by Crippen LogP contribution is -2.22. The molecule has 124 valence electrons. The molecule has 0 amide bonds. The minimum absolute atomic E-state index is 0.292. The molecule has 0 saturated heterocycles. The van der Waals surface area contributed by atoms with Crippen LogP contribution < -0.4 is 5.43 Å². The number of aromatic nitrogens is 1. The van der Waals surface area contributed by atoms with E-state index in [1.54, 1.807) is 6.20 Å². The van der Waals surface area contributed by atoms with E-state index >= 15 is 0 Å². The fourth-order valence-corrected chi connectivity index (χ4v) is 2.14. The first kappa shape index (κ1) is 15.6. The van der Waals surface area contributed by atoms with Gasteiger partial charge in [0.05, 0.1) is 12.2 Å². The number of nitrogens with one attached hydrogen (secondary N) is 1. The number of hydrazone groups is 1. The van der Waals surface area contributed by atoms with Crippen LogP contribution in [0.3, 0.4) is 0 Å². The van der Waals surface area contributed by atoms with Gasteiger partial charge in [0.2, 0.25) is 5.90 Å². The summed E-state index contributed by atoms with van der Waals surface area (Å²) in [5.41, 5.74) is 4.62. The highest BCUT2D eigenvalue weighted by Crippen LogP contribution is 2.26. The number of likely N-dealkylation sites (N-methyl/N-ethyl adjacent to an activating group) is 1. The Morgan fingerprint density at radius 3 is 3.09 bits per heavy atom. The molecule has 0 radical (unpaired) electrons. The largest absolute Gasteiger partial charge is 0.473 e. The summed E-state index contributed by atoms with van der Waals surface area (Å²) in [6.07, 6.45) is 5.69. The van der Waals surface area contributed by atoms with E-state index in [1.807, 2.05) is 37.2 Å². The number of hydrogen-bond donors (Lipinski definition) is 1. The zero-order valence-corrected chi connectivity index (χ0v) is 13.5. The lowest BCUT2D eigenvalue weighted by Gasteiger charge is -2.11. The maximum absolute atomic E-state index is 12.2. The molecule has 1 aliphatic heterocycles. The second kappa shape index (κ2) is 6.87. The van der Waals surface area contributed by atoms with Crippen molar-refractivity contribution in [2.24, 2.45) is 5.10 Å². The van der Waals surface area contributed by atoms with Gasteiger partial charge in [-0.1, -0.05) is 0 Å². The molecule has 2 heterocycles. The van der Waals surface area contributed by atoms with Crippen LogP contribution in [0.15, 0.2) is 29.0 Å². The van der Waals surface area contributed by atoms with Crippen molar-refractivity contribution in [1.29, 1.82) is 0 Å². The summed E-state index contributed by atoms with van der Waals surface area (Å²) in [4.78, 5) is 14.1. The molecule has 0 aromatic carbocycles. The Bertz CT molecular complexity index is 629. The second-order valence-electron chi connectivity index (χ2n) is 5.96. The van der Waals surface area contributed by atoms with Crippen LogP contribution in [0.1, 0.15) is 18.5 Å². The Balaban J connectivity index is 1.66. The van der Waals surface area contributed by atoms with Crippen molar-refractivity contribution in [3.63, 3.8) is 0 Å². The van der Waals surface area contributed by atoms with Gasteiger partial charge in [-0.3, -0.25) is 4.57 Å². The highest BCUT2D eigenvalue weighted by Gasteiger charge is 2.28. The van der Waals surface area contributed by atoms with Gasteiger partial charge >= 0.3 is 6.09 Å². The third-order valence-corrected chi connectivity index (χ3v) is 3.59. The molecular weight excluding hydrogens is 296 g/mol. The monoisotopic (exact) mass is 318 g/mol. The van der Waals surface area contributed by atoms with E-state index in [9.17, 15) is 4.79 Å². The molecule has 2 aliphatic rings. The minimum Gasteiger partial charge on any atom is -0.473 e. The van der Waals surface area contributed by atoms with Crippen molar-refractivity contribution in [3.05, 3.63) is 29.6 Å². The van der Waals surface area contributed by atoms with E-state index in [1.165, 1.54) is 4.57 Å². The molecule has 0 spiro atoms. The average molecular weight is 318 g/mol. The van der Waals surface area contributed by atoms with Gasteiger partial charge in [0.15, 0.2) is 0 Å². The van der Waals surface area contributed by atoms with Gasteiger partial charge in [-0.2, -0.15) is 0 Å². The molecule has 23 heavy (non-hydrogen) atoms. The van der Waals surface area contributed by atoms with Crippen molar-refractivity contribution in [2.45, 2.75) is 18.9 Å². The van der Waals surface area contributed by atoms with Crippen LogP contribution in [0, 0.1) is 0 Å². The summed E-state index contributed by atoms with van der Waals surface area (Å²) in [7, 11) is 3.88. The Labute approximate surface area is 135 Å². The lowest BCUT2D eigenvalue weighted by molar-refractivity contribution is 0.138.